The van der Waals surface area contributed by atoms with E-state index in [2.05, 4.69) is 0 Å². The van der Waals surface area contributed by atoms with E-state index in [4.69, 9.17) is 11.1 Å². The van der Waals surface area contributed by atoms with Crippen molar-refractivity contribution in [3.63, 3.8) is 0 Å². The van der Waals surface area contributed by atoms with Crippen molar-refractivity contribution in [3.05, 3.63) is 29.8 Å². The number of benzene rings is 1. The van der Waals surface area contributed by atoms with Gasteiger partial charge in [-0.2, -0.15) is 0 Å². The monoisotopic (exact) mass is 135 g/mol. The maximum atomic E-state index is 5.62. The van der Waals surface area contributed by atoms with Crippen LogP contribution in [0.4, 0.5) is 5.69 Å². The first-order valence-corrected chi connectivity index (χ1v) is 3.15. The second-order valence-corrected chi connectivity index (χ2v) is 2.27. The summed E-state index contributed by atoms with van der Waals surface area (Å²) in [4.78, 5) is 0. The van der Waals surface area contributed by atoms with E-state index in [-0.39, 0.29) is 0 Å². The lowest BCUT2D eigenvalue weighted by molar-refractivity contribution is -0.113. The number of nitrogen functional groups attached to an aromatic ring is 1. The van der Waals surface area contributed by atoms with Crippen LogP contribution in [-0.2, 0) is 0 Å². The van der Waals surface area contributed by atoms with E-state index in [0.29, 0.717) is 0 Å². The topological polar surface area (TPSA) is 51.6 Å². The molecule has 0 amide bonds. The minimum Gasteiger partial charge on any atom is -0.398 e. The van der Waals surface area contributed by atoms with Crippen LogP contribution in [0.1, 0.15) is 12.5 Å². The summed E-state index contributed by atoms with van der Waals surface area (Å²) in [5, 5.41) is 5.55. The molecule has 2 nitrogen and oxygen atoms in total. The van der Waals surface area contributed by atoms with Crippen LogP contribution in [0.15, 0.2) is 24.3 Å². The summed E-state index contributed by atoms with van der Waals surface area (Å²) < 4.78 is 0. The van der Waals surface area contributed by atoms with Gasteiger partial charge in [0.15, 0.2) is 5.71 Å². The molecule has 1 aromatic rings. The lowest BCUT2D eigenvalue weighted by Crippen LogP contribution is -2.38. The first kappa shape index (κ1) is 6.81. The van der Waals surface area contributed by atoms with Crippen LogP contribution in [-0.4, -0.2) is 5.71 Å². The Morgan fingerprint density at radius 3 is 2.40 bits per heavy atom. The fourth-order valence-electron chi connectivity index (χ4n) is 0.856. The Labute approximate surface area is 60.2 Å². The second-order valence-electron chi connectivity index (χ2n) is 2.27. The fraction of sp³-hybridized carbons (Fsp3) is 0.125. The van der Waals surface area contributed by atoms with Crippen molar-refractivity contribution in [1.82, 2.24) is 0 Å². The van der Waals surface area contributed by atoms with Gasteiger partial charge in [-0.3, -0.25) is 5.41 Å². The molecule has 0 aliphatic carbocycles. The number of para-hydroxylation sites is 1. The molecule has 4 N–H and O–H groups in total. The van der Waals surface area contributed by atoms with E-state index >= 15 is 0 Å². The van der Waals surface area contributed by atoms with Crippen molar-refractivity contribution in [1.29, 1.82) is 0 Å². The highest BCUT2D eigenvalue weighted by atomic mass is 14.6. The standard InChI is InChI=1S/C8H10N2/c1-6(9)7-4-2-3-5-8(7)10/h2-5,9H,10H2,1H3/p+1. The van der Waals surface area contributed by atoms with Crippen molar-refractivity contribution >= 4 is 11.4 Å². The summed E-state index contributed by atoms with van der Waals surface area (Å²) in [6.07, 6.45) is 0. The second kappa shape index (κ2) is 2.52. The third kappa shape index (κ3) is 1.16. The first-order valence-electron chi connectivity index (χ1n) is 3.15. The number of hydrogen-bond acceptors (Lipinski definition) is 1. The van der Waals surface area contributed by atoms with E-state index in [1.54, 1.807) is 0 Å². The van der Waals surface area contributed by atoms with E-state index < -0.39 is 0 Å². The zero-order chi connectivity index (χ0) is 7.56. The van der Waals surface area contributed by atoms with Gasteiger partial charge in [0.1, 0.15) is 0 Å². The summed E-state index contributed by atoms with van der Waals surface area (Å²) in [6.45, 7) is 1.84. The zero-order valence-corrected chi connectivity index (χ0v) is 5.96. The molecule has 0 unspecified atom stereocenters. The Hall–Kier alpha value is -1.31. The Kier molecular flexibility index (Phi) is 1.71. The molecule has 2 heteroatoms. The highest BCUT2D eigenvalue weighted by Crippen LogP contribution is 2.08. The van der Waals surface area contributed by atoms with Crippen LogP contribution < -0.4 is 11.1 Å². The van der Waals surface area contributed by atoms with Crippen LogP contribution in [0.5, 0.6) is 0 Å². The van der Waals surface area contributed by atoms with Crippen LogP contribution in [0.25, 0.3) is 0 Å². The smallest absolute Gasteiger partial charge is 0.179 e. The summed E-state index contributed by atoms with van der Waals surface area (Å²) >= 11 is 0. The molecular weight excluding hydrogens is 124 g/mol. The maximum absolute atomic E-state index is 5.62. The molecule has 52 valence electrons. The van der Waals surface area contributed by atoms with Crippen LogP contribution in [0.3, 0.4) is 0 Å². The van der Waals surface area contributed by atoms with Crippen molar-refractivity contribution in [3.8, 4) is 0 Å². The van der Waals surface area contributed by atoms with E-state index in [1.165, 1.54) is 0 Å². The van der Waals surface area contributed by atoms with Gasteiger partial charge in [-0.25, -0.2) is 0 Å². The van der Waals surface area contributed by atoms with Crippen molar-refractivity contribution in [2.24, 2.45) is 0 Å². The molecule has 0 aromatic heterocycles. The lowest BCUT2D eigenvalue weighted by Gasteiger charge is -1.96. The molecule has 1 rings (SSSR count). The normalized spacial score (nSPS) is 9.30. The Morgan fingerprint density at radius 1 is 1.40 bits per heavy atom. The minimum absolute atomic E-state index is 0.738. The highest BCUT2D eigenvalue weighted by molar-refractivity contribution is 5.98. The fourth-order valence-corrected chi connectivity index (χ4v) is 0.856. The first-order chi connectivity index (χ1) is 4.72. The largest absolute Gasteiger partial charge is 0.398 e. The molecule has 0 fully saturated rings. The summed E-state index contributed by atoms with van der Waals surface area (Å²) in [7, 11) is 0. The molecule has 0 aliphatic rings. The van der Waals surface area contributed by atoms with Gasteiger partial charge in [0.2, 0.25) is 0 Å². The average molecular weight is 135 g/mol. The van der Waals surface area contributed by atoms with Crippen molar-refractivity contribution in [2.75, 3.05) is 5.73 Å². The third-order valence-corrected chi connectivity index (χ3v) is 1.39. The predicted molar refractivity (Wildman–Crippen MR) is 42.6 cm³/mol. The maximum Gasteiger partial charge on any atom is 0.179 e. The van der Waals surface area contributed by atoms with E-state index in [1.807, 2.05) is 31.2 Å². The van der Waals surface area contributed by atoms with E-state index in [9.17, 15) is 0 Å². The van der Waals surface area contributed by atoms with Gasteiger partial charge in [-0.15, -0.1) is 0 Å². The Morgan fingerprint density at radius 2 is 2.00 bits per heavy atom. The van der Waals surface area contributed by atoms with Crippen molar-refractivity contribution < 1.29 is 5.41 Å². The molecule has 0 heterocycles. The van der Waals surface area contributed by atoms with Crippen molar-refractivity contribution in [2.45, 2.75) is 6.92 Å². The Balaban J connectivity index is 3.15. The van der Waals surface area contributed by atoms with Gasteiger partial charge in [0, 0.05) is 12.6 Å². The summed E-state index contributed by atoms with van der Waals surface area (Å²) in [5.41, 5.74) is 8.05. The summed E-state index contributed by atoms with van der Waals surface area (Å²) in [5.74, 6) is 0. The molecule has 1 aromatic carbocycles. The van der Waals surface area contributed by atoms with Gasteiger partial charge in [-0.1, -0.05) is 12.1 Å². The number of hydrogen-bond donors (Lipinski definition) is 2. The highest BCUT2D eigenvalue weighted by Gasteiger charge is 2.01. The predicted octanol–water partition coefficient (Wildman–Crippen LogP) is -0.163. The molecule has 10 heavy (non-hydrogen) atoms. The molecule has 0 spiro atoms. The van der Waals surface area contributed by atoms with Gasteiger partial charge < -0.3 is 5.73 Å². The van der Waals surface area contributed by atoms with E-state index in [0.717, 1.165) is 17.0 Å². The molecule has 0 radical (unpaired) electrons. The molecule has 0 saturated carbocycles. The van der Waals surface area contributed by atoms with Gasteiger partial charge in [0.05, 0.1) is 5.56 Å². The van der Waals surface area contributed by atoms with Gasteiger partial charge in [-0.05, 0) is 12.1 Å². The third-order valence-electron chi connectivity index (χ3n) is 1.39. The number of nitrogens with two attached hydrogens (primary N) is 2. The average Bonchev–Trinajstić information content (AvgIpc) is 1.88. The van der Waals surface area contributed by atoms with Crippen LogP contribution in [0, 0.1) is 0 Å². The Bertz CT molecular complexity index is 253. The zero-order valence-electron chi connectivity index (χ0n) is 5.96. The molecule has 0 atom stereocenters. The quantitative estimate of drug-likeness (QED) is 0.408. The molecule has 0 aliphatic heterocycles. The lowest BCUT2D eigenvalue weighted by atomic mass is 10.1. The van der Waals surface area contributed by atoms with Gasteiger partial charge in [0.25, 0.3) is 0 Å². The number of rotatable bonds is 1. The van der Waals surface area contributed by atoms with Gasteiger partial charge >= 0.3 is 0 Å². The van der Waals surface area contributed by atoms with Crippen LogP contribution in [0.2, 0.25) is 0 Å². The molecule has 0 bridgehead atoms. The van der Waals surface area contributed by atoms with Crippen LogP contribution >= 0.6 is 0 Å². The number of anilines is 1. The minimum atomic E-state index is 0.738. The summed E-state index contributed by atoms with van der Waals surface area (Å²) in [6, 6.07) is 7.56. The molecule has 0 saturated heterocycles. The molecular formula is C8H11N2+. The SMILES string of the molecule is CC(=[NH2+])c1ccccc1N.